The maximum absolute atomic E-state index is 12.8. The van der Waals surface area contributed by atoms with Crippen molar-refractivity contribution in [3.63, 3.8) is 0 Å². The summed E-state index contributed by atoms with van der Waals surface area (Å²) in [5.74, 6) is -0.437. The number of amides is 2. The van der Waals surface area contributed by atoms with Crippen molar-refractivity contribution < 1.29 is 32.4 Å². The van der Waals surface area contributed by atoms with E-state index >= 15 is 0 Å². The first-order chi connectivity index (χ1) is 14.4. The Kier molecular flexibility index (Phi) is 7.45. The zero-order chi connectivity index (χ0) is 23.3. The normalized spacial score (nSPS) is 11.9. The lowest BCUT2D eigenvalue weighted by Gasteiger charge is -2.14. The Bertz CT molecular complexity index is 1030. The lowest BCUT2D eigenvalue weighted by atomic mass is 10.1. The predicted octanol–water partition coefficient (Wildman–Crippen LogP) is 5.57. The molecule has 0 bridgehead atoms. The monoisotopic (exact) mass is 459 g/mol. The molecule has 166 valence electrons. The van der Waals surface area contributed by atoms with E-state index in [0.717, 1.165) is 18.2 Å². The van der Waals surface area contributed by atoms with Crippen molar-refractivity contribution in [2.75, 3.05) is 7.05 Å². The van der Waals surface area contributed by atoms with E-state index in [9.17, 15) is 28.1 Å². The smallest absolute Gasteiger partial charge is 0.416 e. The van der Waals surface area contributed by atoms with Gasteiger partial charge in [-0.3, -0.25) is 10.1 Å². The molecule has 2 amide bonds. The maximum Gasteiger partial charge on any atom is 0.416 e. The standard InChI is InChI=1S/C19H17ClF3N3O5/c1-10(2)30-17(25-18(27)24-3)13-9-12(5-6-15(13)26(28)29)31-16-7-4-11(8-14(16)20)19(21,22)23/h4-10H,1-3H3,(H,24,27). The van der Waals surface area contributed by atoms with Crippen LogP contribution < -0.4 is 10.1 Å². The molecule has 2 rings (SSSR count). The zero-order valence-corrected chi connectivity index (χ0v) is 17.2. The molecule has 0 unspecified atom stereocenters. The first-order valence-electron chi connectivity index (χ1n) is 8.72. The van der Waals surface area contributed by atoms with Gasteiger partial charge in [0.2, 0.25) is 5.90 Å². The minimum Gasteiger partial charge on any atom is -0.474 e. The van der Waals surface area contributed by atoms with E-state index < -0.39 is 34.5 Å². The summed E-state index contributed by atoms with van der Waals surface area (Å²) in [4.78, 5) is 26.1. The van der Waals surface area contributed by atoms with E-state index in [1.807, 2.05) is 0 Å². The van der Waals surface area contributed by atoms with E-state index in [-0.39, 0.29) is 28.0 Å². The summed E-state index contributed by atoms with van der Waals surface area (Å²) < 4.78 is 49.4. The fraction of sp³-hybridized carbons (Fsp3) is 0.263. The number of hydrogen-bond donors (Lipinski definition) is 1. The van der Waals surface area contributed by atoms with Crippen LogP contribution in [0.5, 0.6) is 11.5 Å². The van der Waals surface area contributed by atoms with E-state index in [1.165, 1.54) is 19.2 Å². The van der Waals surface area contributed by atoms with E-state index in [0.29, 0.717) is 6.07 Å². The molecular weight excluding hydrogens is 443 g/mol. The molecular formula is C19H17ClF3N3O5. The van der Waals surface area contributed by atoms with Crippen LogP contribution in [0.2, 0.25) is 5.02 Å². The molecule has 12 heteroatoms. The Labute approximate surface area is 179 Å². The van der Waals surface area contributed by atoms with E-state index in [2.05, 4.69) is 10.3 Å². The molecule has 0 saturated heterocycles. The summed E-state index contributed by atoms with van der Waals surface area (Å²) in [6.45, 7) is 3.26. The summed E-state index contributed by atoms with van der Waals surface area (Å²) in [6.07, 6.45) is -5.06. The van der Waals surface area contributed by atoms with Gasteiger partial charge in [0.1, 0.15) is 17.1 Å². The molecule has 0 aromatic heterocycles. The van der Waals surface area contributed by atoms with Gasteiger partial charge in [0.25, 0.3) is 5.69 Å². The molecule has 2 aromatic rings. The lowest BCUT2D eigenvalue weighted by molar-refractivity contribution is -0.385. The number of nitro benzene ring substituents is 1. The van der Waals surface area contributed by atoms with E-state index in [1.54, 1.807) is 13.8 Å². The summed E-state index contributed by atoms with van der Waals surface area (Å²) in [7, 11) is 1.32. The van der Waals surface area contributed by atoms with Crippen molar-refractivity contribution in [3.8, 4) is 11.5 Å². The van der Waals surface area contributed by atoms with Gasteiger partial charge in [0.05, 0.1) is 21.6 Å². The van der Waals surface area contributed by atoms with Gasteiger partial charge in [-0.25, -0.2) is 4.79 Å². The fourth-order valence-electron chi connectivity index (χ4n) is 2.32. The Morgan fingerprint density at radius 2 is 1.90 bits per heavy atom. The highest BCUT2D eigenvalue weighted by atomic mass is 35.5. The average Bonchev–Trinajstić information content (AvgIpc) is 2.67. The topological polar surface area (TPSA) is 103 Å². The van der Waals surface area contributed by atoms with Crippen LogP contribution in [-0.2, 0) is 10.9 Å². The zero-order valence-electron chi connectivity index (χ0n) is 16.5. The third kappa shape index (κ3) is 6.32. The highest BCUT2D eigenvalue weighted by Gasteiger charge is 2.31. The third-order valence-electron chi connectivity index (χ3n) is 3.65. The minimum atomic E-state index is -4.58. The van der Waals surface area contributed by atoms with Crippen LogP contribution in [-0.4, -0.2) is 30.0 Å². The van der Waals surface area contributed by atoms with Gasteiger partial charge >= 0.3 is 12.2 Å². The molecule has 31 heavy (non-hydrogen) atoms. The number of halogens is 4. The van der Waals surface area contributed by atoms with Crippen LogP contribution in [0.3, 0.4) is 0 Å². The van der Waals surface area contributed by atoms with Gasteiger partial charge < -0.3 is 14.8 Å². The number of nitrogens with one attached hydrogen (secondary N) is 1. The van der Waals surface area contributed by atoms with Crippen molar-refractivity contribution in [2.24, 2.45) is 4.99 Å². The van der Waals surface area contributed by atoms with Crippen molar-refractivity contribution >= 4 is 29.2 Å². The van der Waals surface area contributed by atoms with Crippen molar-refractivity contribution in [1.29, 1.82) is 0 Å². The van der Waals surface area contributed by atoms with Gasteiger partial charge in [-0.05, 0) is 38.1 Å². The van der Waals surface area contributed by atoms with Crippen LogP contribution in [0.4, 0.5) is 23.7 Å². The maximum atomic E-state index is 12.8. The SMILES string of the molecule is CNC(=O)N=C(OC(C)C)c1cc(Oc2ccc(C(F)(F)F)cc2Cl)ccc1[N+](=O)[O-]. The largest absolute Gasteiger partial charge is 0.474 e. The van der Waals surface area contributed by atoms with Crippen LogP contribution in [0, 0.1) is 10.1 Å². The molecule has 0 radical (unpaired) electrons. The molecule has 0 aliphatic carbocycles. The second kappa shape index (κ2) is 9.65. The highest BCUT2D eigenvalue weighted by molar-refractivity contribution is 6.32. The number of hydrogen-bond acceptors (Lipinski definition) is 5. The summed E-state index contributed by atoms with van der Waals surface area (Å²) in [5, 5.41) is 13.4. The average molecular weight is 460 g/mol. The fourth-order valence-corrected chi connectivity index (χ4v) is 2.54. The number of carbonyl (C=O) groups is 1. The van der Waals surface area contributed by atoms with Gasteiger partial charge in [0, 0.05) is 19.2 Å². The molecule has 8 nitrogen and oxygen atoms in total. The number of rotatable bonds is 5. The third-order valence-corrected chi connectivity index (χ3v) is 3.94. The molecule has 0 saturated carbocycles. The molecule has 0 heterocycles. The van der Waals surface area contributed by atoms with Crippen LogP contribution >= 0.6 is 11.6 Å². The highest BCUT2D eigenvalue weighted by Crippen LogP contribution is 2.37. The Balaban J connectivity index is 2.51. The molecule has 0 atom stereocenters. The Morgan fingerprint density at radius 3 is 2.42 bits per heavy atom. The summed E-state index contributed by atoms with van der Waals surface area (Å²) in [5.41, 5.74) is -1.54. The number of benzene rings is 2. The number of nitro groups is 1. The number of urea groups is 1. The van der Waals surface area contributed by atoms with Crippen LogP contribution in [0.15, 0.2) is 41.4 Å². The van der Waals surface area contributed by atoms with E-state index in [4.69, 9.17) is 21.1 Å². The minimum absolute atomic E-state index is 0.000721. The first kappa shape index (κ1) is 23.9. The lowest BCUT2D eigenvalue weighted by Crippen LogP contribution is -2.20. The first-order valence-corrected chi connectivity index (χ1v) is 9.10. The van der Waals surface area contributed by atoms with Crippen molar-refractivity contribution in [2.45, 2.75) is 26.1 Å². The van der Waals surface area contributed by atoms with Crippen molar-refractivity contribution in [1.82, 2.24) is 5.32 Å². The molecule has 0 aliphatic heterocycles. The van der Waals surface area contributed by atoms with Gasteiger partial charge in [-0.2, -0.15) is 18.2 Å². The summed E-state index contributed by atoms with van der Waals surface area (Å²) >= 11 is 5.89. The van der Waals surface area contributed by atoms with Gasteiger partial charge in [-0.15, -0.1) is 0 Å². The predicted molar refractivity (Wildman–Crippen MR) is 107 cm³/mol. The number of carbonyl (C=O) groups excluding carboxylic acids is 1. The molecule has 0 spiro atoms. The number of nitrogens with zero attached hydrogens (tertiary/aromatic N) is 2. The molecule has 1 N–H and O–H groups in total. The second-order valence-corrected chi connectivity index (χ2v) is 6.73. The summed E-state index contributed by atoms with van der Waals surface area (Å²) in [6, 6.07) is 5.19. The van der Waals surface area contributed by atoms with Crippen molar-refractivity contribution in [3.05, 3.63) is 62.7 Å². The number of ether oxygens (including phenoxy) is 2. The van der Waals surface area contributed by atoms with Gasteiger partial charge in [0.15, 0.2) is 0 Å². The quantitative estimate of drug-likeness (QED) is 0.272. The van der Waals surface area contributed by atoms with Gasteiger partial charge in [-0.1, -0.05) is 11.6 Å². The molecule has 0 aliphatic rings. The Hall–Kier alpha value is -3.34. The second-order valence-electron chi connectivity index (χ2n) is 6.32. The van der Waals surface area contributed by atoms with Crippen LogP contribution in [0.1, 0.15) is 25.0 Å². The Morgan fingerprint density at radius 1 is 1.23 bits per heavy atom. The van der Waals surface area contributed by atoms with Crippen LogP contribution in [0.25, 0.3) is 0 Å². The molecule has 0 fully saturated rings. The number of alkyl halides is 3. The molecule has 2 aromatic carbocycles. The number of aliphatic imine (C=N–C) groups is 1.